The molecule has 108 valence electrons. The molecule has 0 amide bonds. The summed E-state index contributed by atoms with van der Waals surface area (Å²) in [6.45, 7) is 4.07. The standard InChI is InChI=1S/C15H16N4O2/c1-10(2)15-18-12(9-21-15)14-16-6-7-19(14)11-4-5-13(20-3)17-8-11/h4-10H,1-3H3. The fourth-order valence-electron chi connectivity index (χ4n) is 1.99. The van der Waals surface area contributed by atoms with Gasteiger partial charge in [0.05, 0.1) is 19.0 Å². The van der Waals surface area contributed by atoms with E-state index in [1.807, 2.05) is 36.7 Å². The van der Waals surface area contributed by atoms with E-state index in [1.165, 1.54) is 0 Å². The van der Waals surface area contributed by atoms with Crippen molar-refractivity contribution >= 4 is 0 Å². The van der Waals surface area contributed by atoms with E-state index in [-0.39, 0.29) is 5.92 Å². The molecule has 0 spiro atoms. The first kappa shape index (κ1) is 13.4. The zero-order valence-electron chi connectivity index (χ0n) is 12.1. The van der Waals surface area contributed by atoms with Gasteiger partial charge >= 0.3 is 0 Å². The van der Waals surface area contributed by atoms with Gasteiger partial charge in [-0.1, -0.05) is 13.8 Å². The minimum Gasteiger partial charge on any atom is -0.481 e. The smallest absolute Gasteiger partial charge is 0.213 e. The van der Waals surface area contributed by atoms with Gasteiger partial charge in [-0.15, -0.1) is 0 Å². The molecule has 6 nitrogen and oxygen atoms in total. The van der Waals surface area contributed by atoms with Crippen molar-refractivity contribution in [3.05, 3.63) is 42.9 Å². The van der Waals surface area contributed by atoms with E-state index in [0.29, 0.717) is 17.5 Å². The van der Waals surface area contributed by atoms with Crippen molar-refractivity contribution in [2.45, 2.75) is 19.8 Å². The topological polar surface area (TPSA) is 66.0 Å². The van der Waals surface area contributed by atoms with Gasteiger partial charge in [-0.25, -0.2) is 15.0 Å². The third kappa shape index (κ3) is 2.52. The van der Waals surface area contributed by atoms with Gasteiger partial charge in [0.2, 0.25) is 5.88 Å². The maximum Gasteiger partial charge on any atom is 0.213 e. The molecule has 3 aromatic heterocycles. The number of rotatable bonds is 4. The monoisotopic (exact) mass is 284 g/mol. The highest BCUT2D eigenvalue weighted by molar-refractivity contribution is 5.52. The Morgan fingerprint density at radius 1 is 1.24 bits per heavy atom. The Morgan fingerprint density at radius 2 is 2.10 bits per heavy atom. The number of nitrogens with zero attached hydrogens (tertiary/aromatic N) is 4. The van der Waals surface area contributed by atoms with Crippen LogP contribution < -0.4 is 4.74 Å². The van der Waals surface area contributed by atoms with Crippen LogP contribution in [0.15, 0.2) is 41.4 Å². The van der Waals surface area contributed by atoms with Crippen LogP contribution in [0, 0.1) is 0 Å². The lowest BCUT2D eigenvalue weighted by Gasteiger charge is -2.06. The van der Waals surface area contributed by atoms with Crippen LogP contribution in [0.4, 0.5) is 0 Å². The SMILES string of the molecule is COc1ccc(-n2ccnc2-c2coc(C(C)C)n2)cn1. The van der Waals surface area contributed by atoms with Crippen LogP contribution >= 0.6 is 0 Å². The highest BCUT2D eigenvalue weighted by Crippen LogP contribution is 2.23. The molecule has 0 unspecified atom stereocenters. The molecule has 0 radical (unpaired) electrons. The second-order valence-corrected chi connectivity index (χ2v) is 4.91. The normalized spacial score (nSPS) is 11.0. The summed E-state index contributed by atoms with van der Waals surface area (Å²) in [5.41, 5.74) is 1.59. The Kier molecular flexibility index (Phi) is 3.43. The van der Waals surface area contributed by atoms with E-state index < -0.39 is 0 Å². The summed E-state index contributed by atoms with van der Waals surface area (Å²) in [6, 6.07) is 3.72. The number of ether oxygens (including phenoxy) is 1. The van der Waals surface area contributed by atoms with Crippen molar-refractivity contribution in [3.8, 4) is 23.1 Å². The molecule has 0 saturated heterocycles. The Morgan fingerprint density at radius 3 is 2.71 bits per heavy atom. The second kappa shape index (κ2) is 5.40. The van der Waals surface area contributed by atoms with E-state index in [0.717, 1.165) is 11.5 Å². The number of pyridine rings is 1. The summed E-state index contributed by atoms with van der Waals surface area (Å²) in [4.78, 5) is 13.0. The van der Waals surface area contributed by atoms with Crippen LogP contribution in [0.3, 0.4) is 0 Å². The zero-order chi connectivity index (χ0) is 14.8. The first-order chi connectivity index (χ1) is 10.2. The van der Waals surface area contributed by atoms with Gasteiger partial charge in [0.15, 0.2) is 11.7 Å². The lowest BCUT2D eigenvalue weighted by Crippen LogP contribution is -1.98. The minimum absolute atomic E-state index is 0.241. The Labute approximate surface area is 122 Å². The van der Waals surface area contributed by atoms with Gasteiger partial charge in [-0.05, 0) is 6.07 Å². The van der Waals surface area contributed by atoms with Gasteiger partial charge in [-0.3, -0.25) is 4.57 Å². The quantitative estimate of drug-likeness (QED) is 0.736. The molecule has 3 rings (SSSR count). The van der Waals surface area contributed by atoms with E-state index in [1.54, 1.807) is 25.8 Å². The van der Waals surface area contributed by atoms with Crippen LogP contribution in [0.2, 0.25) is 0 Å². The lowest BCUT2D eigenvalue weighted by atomic mass is 10.2. The second-order valence-electron chi connectivity index (χ2n) is 4.91. The first-order valence-electron chi connectivity index (χ1n) is 6.68. The maximum absolute atomic E-state index is 5.48. The fourth-order valence-corrected chi connectivity index (χ4v) is 1.99. The van der Waals surface area contributed by atoms with Crippen LogP contribution in [0.25, 0.3) is 17.2 Å². The van der Waals surface area contributed by atoms with Gasteiger partial charge in [-0.2, -0.15) is 0 Å². The Hall–Kier alpha value is -2.63. The maximum atomic E-state index is 5.48. The van der Waals surface area contributed by atoms with Crippen molar-refractivity contribution in [1.82, 2.24) is 19.5 Å². The Balaban J connectivity index is 1.99. The summed E-state index contributed by atoms with van der Waals surface area (Å²) < 4.78 is 12.5. The third-order valence-corrected chi connectivity index (χ3v) is 3.09. The molecule has 0 aliphatic heterocycles. The predicted molar refractivity (Wildman–Crippen MR) is 77.5 cm³/mol. The average molecular weight is 284 g/mol. The largest absolute Gasteiger partial charge is 0.481 e. The fraction of sp³-hybridized carbons (Fsp3) is 0.267. The predicted octanol–water partition coefficient (Wildman–Crippen LogP) is 3.05. The molecule has 3 heterocycles. The van der Waals surface area contributed by atoms with E-state index in [4.69, 9.17) is 9.15 Å². The zero-order valence-corrected chi connectivity index (χ0v) is 12.1. The van der Waals surface area contributed by atoms with Crippen LogP contribution in [0.1, 0.15) is 25.7 Å². The summed E-state index contributed by atoms with van der Waals surface area (Å²) in [7, 11) is 1.59. The van der Waals surface area contributed by atoms with Crippen molar-refractivity contribution in [1.29, 1.82) is 0 Å². The van der Waals surface area contributed by atoms with E-state index in [2.05, 4.69) is 15.0 Å². The number of oxazole rings is 1. The Bertz CT molecular complexity index is 728. The molecule has 0 N–H and O–H groups in total. The van der Waals surface area contributed by atoms with E-state index >= 15 is 0 Å². The third-order valence-electron chi connectivity index (χ3n) is 3.09. The molecule has 3 aromatic rings. The number of imidazole rings is 1. The highest BCUT2D eigenvalue weighted by Gasteiger charge is 2.14. The number of hydrogen-bond donors (Lipinski definition) is 0. The van der Waals surface area contributed by atoms with Crippen LogP contribution in [-0.4, -0.2) is 26.6 Å². The van der Waals surface area contributed by atoms with E-state index in [9.17, 15) is 0 Å². The number of methoxy groups -OCH3 is 1. The first-order valence-corrected chi connectivity index (χ1v) is 6.68. The minimum atomic E-state index is 0.241. The molecule has 0 aliphatic rings. The average Bonchev–Trinajstić information content (AvgIpc) is 3.16. The molecular formula is C15H16N4O2. The van der Waals surface area contributed by atoms with Crippen molar-refractivity contribution in [2.24, 2.45) is 0 Å². The van der Waals surface area contributed by atoms with Gasteiger partial charge in [0, 0.05) is 24.4 Å². The molecule has 0 bridgehead atoms. The molecule has 0 aromatic carbocycles. The number of hydrogen-bond acceptors (Lipinski definition) is 5. The van der Waals surface area contributed by atoms with Crippen molar-refractivity contribution in [2.75, 3.05) is 7.11 Å². The van der Waals surface area contributed by atoms with Gasteiger partial charge in [0.1, 0.15) is 12.0 Å². The van der Waals surface area contributed by atoms with Crippen molar-refractivity contribution in [3.63, 3.8) is 0 Å². The molecule has 0 fully saturated rings. The summed E-state index contributed by atoms with van der Waals surface area (Å²) in [6.07, 6.45) is 6.95. The molecule has 6 heteroatoms. The molecular weight excluding hydrogens is 268 g/mol. The summed E-state index contributed by atoms with van der Waals surface area (Å²) in [5, 5.41) is 0. The molecule has 0 aliphatic carbocycles. The number of aromatic nitrogens is 4. The van der Waals surface area contributed by atoms with Crippen molar-refractivity contribution < 1.29 is 9.15 Å². The highest BCUT2D eigenvalue weighted by atomic mass is 16.5. The summed E-state index contributed by atoms with van der Waals surface area (Å²) in [5.74, 6) is 2.23. The molecule has 21 heavy (non-hydrogen) atoms. The molecule has 0 atom stereocenters. The van der Waals surface area contributed by atoms with Crippen LogP contribution in [0.5, 0.6) is 5.88 Å². The van der Waals surface area contributed by atoms with Gasteiger partial charge < -0.3 is 9.15 Å². The lowest BCUT2D eigenvalue weighted by molar-refractivity contribution is 0.398. The molecule has 0 saturated carbocycles. The van der Waals surface area contributed by atoms with Gasteiger partial charge in [0.25, 0.3) is 0 Å². The van der Waals surface area contributed by atoms with Crippen LogP contribution in [-0.2, 0) is 0 Å². The summed E-state index contributed by atoms with van der Waals surface area (Å²) >= 11 is 0.